The van der Waals surface area contributed by atoms with Crippen LogP contribution in [0.5, 0.6) is 0 Å². The van der Waals surface area contributed by atoms with Gasteiger partial charge in [-0.2, -0.15) is 5.10 Å². The standard InChI is InChI=1S/C18H21N3O3S/c1-14-9-7-8-12-17(14)21(25(3,23)24)13-18(22)20-19-15(2)16-10-5-4-6-11-16/h4-12H,13H2,1-3H3,(H,20,22)/b19-15-. The number of benzene rings is 2. The average molecular weight is 359 g/mol. The number of carbonyl (C=O) groups excluding carboxylic acids is 1. The molecule has 0 aromatic heterocycles. The Labute approximate surface area is 148 Å². The smallest absolute Gasteiger partial charge is 0.260 e. The summed E-state index contributed by atoms with van der Waals surface area (Å²) in [7, 11) is -3.60. The number of hydrogen-bond acceptors (Lipinski definition) is 4. The second-order valence-corrected chi connectivity index (χ2v) is 7.56. The zero-order valence-corrected chi connectivity index (χ0v) is 15.2. The number of rotatable bonds is 6. The summed E-state index contributed by atoms with van der Waals surface area (Å²) in [5, 5.41) is 4.04. The molecule has 0 spiro atoms. The fourth-order valence-electron chi connectivity index (χ4n) is 2.28. The van der Waals surface area contributed by atoms with Crippen LogP contribution in [-0.4, -0.2) is 32.8 Å². The Bertz CT molecular complexity index is 877. The van der Waals surface area contributed by atoms with Gasteiger partial charge in [-0.3, -0.25) is 9.10 Å². The first-order valence-electron chi connectivity index (χ1n) is 7.71. The lowest BCUT2D eigenvalue weighted by molar-refractivity contribution is -0.119. The molecule has 132 valence electrons. The van der Waals surface area contributed by atoms with Gasteiger partial charge in [-0.05, 0) is 31.0 Å². The van der Waals surface area contributed by atoms with Gasteiger partial charge >= 0.3 is 0 Å². The number of nitrogens with zero attached hydrogens (tertiary/aromatic N) is 2. The first-order chi connectivity index (χ1) is 11.8. The number of hydrogen-bond donors (Lipinski definition) is 1. The first-order valence-corrected chi connectivity index (χ1v) is 9.56. The van der Waals surface area contributed by atoms with Crippen molar-refractivity contribution in [2.75, 3.05) is 17.1 Å². The fourth-order valence-corrected chi connectivity index (χ4v) is 3.19. The zero-order valence-electron chi connectivity index (χ0n) is 14.4. The predicted molar refractivity (Wildman–Crippen MR) is 100 cm³/mol. The minimum Gasteiger partial charge on any atom is -0.271 e. The van der Waals surface area contributed by atoms with E-state index in [1.165, 1.54) is 0 Å². The van der Waals surface area contributed by atoms with Crippen molar-refractivity contribution >= 4 is 27.3 Å². The van der Waals surface area contributed by atoms with Gasteiger partial charge in [0.2, 0.25) is 10.0 Å². The van der Waals surface area contributed by atoms with E-state index in [2.05, 4.69) is 10.5 Å². The van der Waals surface area contributed by atoms with E-state index in [-0.39, 0.29) is 6.54 Å². The molecule has 6 nitrogen and oxygen atoms in total. The van der Waals surface area contributed by atoms with Gasteiger partial charge in [0.25, 0.3) is 5.91 Å². The number of aryl methyl sites for hydroxylation is 1. The molecule has 7 heteroatoms. The van der Waals surface area contributed by atoms with Crippen molar-refractivity contribution in [2.45, 2.75) is 13.8 Å². The van der Waals surface area contributed by atoms with Gasteiger partial charge in [-0.25, -0.2) is 13.8 Å². The van der Waals surface area contributed by atoms with Crippen LogP contribution in [0, 0.1) is 6.92 Å². The van der Waals surface area contributed by atoms with E-state index in [0.717, 1.165) is 21.7 Å². The summed E-state index contributed by atoms with van der Waals surface area (Å²) in [5.74, 6) is -0.510. The highest BCUT2D eigenvalue weighted by atomic mass is 32.2. The zero-order chi connectivity index (χ0) is 18.4. The molecule has 0 radical (unpaired) electrons. The molecular formula is C18H21N3O3S. The maximum Gasteiger partial charge on any atom is 0.260 e. The van der Waals surface area contributed by atoms with E-state index in [4.69, 9.17) is 0 Å². The molecule has 2 aromatic carbocycles. The van der Waals surface area contributed by atoms with E-state index in [1.54, 1.807) is 32.0 Å². The highest BCUT2D eigenvalue weighted by Gasteiger charge is 2.22. The number of nitrogens with one attached hydrogen (secondary N) is 1. The van der Waals surface area contributed by atoms with Crippen LogP contribution in [0.4, 0.5) is 5.69 Å². The molecule has 1 amide bonds. The Morgan fingerprint density at radius 1 is 1.08 bits per heavy atom. The van der Waals surface area contributed by atoms with E-state index < -0.39 is 15.9 Å². The lowest BCUT2D eigenvalue weighted by Gasteiger charge is -2.23. The van der Waals surface area contributed by atoms with Gasteiger partial charge in [-0.1, -0.05) is 48.5 Å². The van der Waals surface area contributed by atoms with Crippen LogP contribution >= 0.6 is 0 Å². The third-order valence-corrected chi connectivity index (χ3v) is 4.74. The van der Waals surface area contributed by atoms with E-state index in [0.29, 0.717) is 11.4 Å². The average Bonchev–Trinajstić information content (AvgIpc) is 2.58. The molecule has 0 fully saturated rings. The molecule has 0 heterocycles. The largest absolute Gasteiger partial charge is 0.271 e. The molecule has 0 aliphatic carbocycles. The molecule has 25 heavy (non-hydrogen) atoms. The summed E-state index contributed by atoms with van der Waals surface area (Å²) < 4.78 is 25.3. The highest BCUT2D eigenvalue weighted by molar-refractivity contribution is 7.92. The Kier molecular flexibility index (Phi) is 5.93. The number of carbonyl (C=O) groups is 1. The summed E-state index contributed by atoms with van der Waals surface area (Å²) in [6.45, 7) is 3.23. The minimum absolute atomic E-state index is 0.338. The number of hydrazone groups is 1. The number of amides is 1. The van der Waals surface area contributed by atoms with Crippen molar-refractivity contribution in [2.24, 2.45) is 5.10 Å². The molecular weight excluding hydrogens is 338 g/mol. The number of anilines is 1. The maximum atomic E-state index is 12.2. The Hall–Kier alpha value is -2.67. The number of para-hydroxylation sites is 1. The third-order valence-electron chi connectivity index (χ3n) is 3.61. The van der Waals surface area contributed by atoms with E-state index >= 15 is 0 Å². The lowest BCUT2D eigenvalue weighted by atomic mass is 10.1. The second kappa shape index (κ2) is 7.94. The van der Waals surface area contributed by atoms with Crippen LogP contribution in [0.2, 0.25) is 0 Å². The SMILES string of the molecule is C/C(=N/NC(=O)CN(c1ccccc1C)S(C)(=O)=O)c1ccccc1. The van der Waals surface area contributed by atoms with Crippen LogP contribution in [0.1, 0.15) is 18.1 Å². The van der Waals surface area contributed by atoms with Crippen LogP contribution < -0.4 is 9.73 Å². The van der Waals surface area contributed by atoms with E-state index in [9.17, 15) is 13.2 Å². The van der Waals surface area contributed by atoms with Crippen LogP contribution in [-0.2, 0) is 14.8 Å². The highest BCUT2D eigenvalue weighted by Crippen LogP contribution is 2.21. The monoisotopic (exact) mass is 359 g/mol. The summed E-state index contributed by atoms with van der Waals surface area (Å²) in [6, 6.07) is 16.4. The first kappa shape index (κ1) is 18.7. The Morgan fingerprint density at radius 3 is 2.28 bits per heavy atom. The summed E-state index contributed by atoms with van der Waals surface area (Å²) >= 11 is 0. The number of sulfonamides is 1. The summed E-state index contributed by atoms with van der Waals surface area (Å²) in [5.41, 5.74) is 5.17. The molecule has 0 saturated heterocycles. The molecule has 2 aromatic rings. The second-order valence-electron chi connectivity index (χ2n) is 5.65. The van der Waals surface area contributed by atoms with Gasteiger partial charge in [0.05, 0.1) is 17.7 Å². The molecule has 0 atom stereocenters. The topological polar surface area (TPSA) is 78.8 Å². The predicted octanol–water partition coefficient (Wildman–Crippen LogP) is 2.30. The van der Waals surface area contributed by atoms with Gasteiger partial charge < -0.3 is 0 Å². The molecule has 1 N–H and O–H groups in total. The van der Waals surface area contributed by atoms with Crippen LogP contribution in [0.3, 0.4) is 0 Å². The van der Waals surface area contributed by atoms with Crippen molar-refractivity contribution in [3.05, 3.63) is 65.7 Å². The minimum atomic E-state index is -3.60. The summed E-state index contributed by atoms with van der Waals surface area (Å²) in [6.07, 6.45) is 1.07. The Balaban J connectivity index is 2.15. The van der Waals surface area contributed by atoms with Crippen molar-refractivity contribution < 1.29 is 13.2 Å². The van der Waals surface area contributed by atoms with Crippen molar-refractivity contribution in [1.29, 1.82) is 0 Å². The van der Waals surface area contributed by atoms with Crippen LogP contribution in [0.15, 0.2) is 59.7 Å². The van der Waals surface area contributed by atoms with Gasteiger partial charge in [0.1, 0.15) is 6.54 Å². The van der Waals surface area contributed by atoms with Gasteiger partial charge in [0.15, 0.2) is 0 Å². The normalized spacial score (nSPS) is 11.9. The van der Waals surface area contributed by atoms with Crippen molar-refractivity contribution in [1.82, 2.24) is 5.43 Å². The van der Waals surface area contributed by atoms with Gasteiger partial charge in [0, 0.05) is 0 Å². The Morgan fingerprint density at radius 2 is 1.68 bits per heavy atom. The molecule has 0 unspecified atom stereocenters. The summed E-state index contributed by atoms with van der Waals surface area (Å²) in [4.78, 5) is 12.2. The van der Waals surface area contributed by atoms with Crippen molar-refractivity contribution in [3.8, 4) is 0 Å². The van der Waals surface area contributed by atoms with Crippen LogP contribution in [0.25, 0.3) is 0 Å². The lowest BCUT2D eigenvalue weighted by Crippen LogP contribution is -2.39. The molecule has 0 saturated carbocycles. The molecule has 0 bridgehead atoms. The van der Waals surface area contributed by atoms with Gasteiger partial charge in [-0.15, -0.1) is 0 Å². The molecule has 0 aliphatic heterocycles. The quantitative estimate of drug-likeness (QED) is 0.635. The third kappa shape index (κ3) is 5.15. The fraction of sp³-hybridized carbons (Fsp3) is 0.222. The molecule has 0 aliphatic rings. The van der Waals surface area contributed by atoms with E-state index in [1.807, 2.05) is 36.4 Å². The van der Waals surface area contributed by atoms with Crippen molar-refractivity contribution in [3.63, 3.8) is 0 Å². The maximum absolute atomic E-state index is 12.2. The molecule has 2 rings (SSSR count).